The number of hydrogen-bond acceptors (Lipinski definition) is 7. The minimum Gasteiger partial charge on any atom is -0.382 e. The molecular weight excluding hydrogens is 655 g/mol. The molecule has 0 fully saturated rings. The predicted octanol–water partition coefficient (Wildman–Crippen LogP) is 4.02. The molecule has 0 bridgehead atoms. The first-order chi connectivity index (χ1) is 23.5. The normalized spacial score (nSPS) is 14.7. The molecule has 2 aromatic carbocycles. The van der Waals surface area contributed by atoms with Gasteiger partial charge in [0.2, 0.25) is 17.7 Å². The largest absolute Gasteiger partial charge is 0.416 e. The molecule has 3 rings (SSSR count). The van der Waals surface area contributed by atoms with Crippen molar-refractivity contribution in [3.63, 3.8) is 0 Å². The van der Waals surface area contributed by atoms with E-state index in [1.165, 1.54) is 13.1 Å². The number of aliphatic hydroxyl groups excluding tert-OH is 1. The topological polar surface area (TPSA) is 173 Å². The molecule has 11 nitrogen and oxygen atoms in total. The summed E-state index contributed by atoms with van der Waals surface area (Å²) in [5.41, 5.74) is 7.48. The van der Waals surface area contributed by atoms with Crippen LogP contribution in [0.25, 0.3) is 5.69 Å². The number of benzene rings is 2. The summed E-state index contributed by atoms with van der Waals surface area (Å²) in [6.45, 7) is 6.64. The number of nitrogens with two attached hydrogens (primary N) is 1. The Morgan fingerprint density at radius 3 is 2.06 bits per heavy atom. The van der Waals surface area contributed by atoms with Crippen LogP contribution in [-0.4, -0.2) is 68.5 Å². The maximum absolute atomic E-state index is 13.7. The van der Waals surface area contributed by atoms with E-state index in [9.17, 15) is 42.3 Å². The second kappa shape index (κ2) is 17.7. The standard InChI is InChI=1S/C36H44F3N5O6/c1-21(2)26(19-30(45)27-20-41-44(23(27)4)25-13-9-6-10-14-25)35(50)43-29(18-24-11-7-5-8-12-24)31(46)17-22(3)34(49)42-28(15-16-32(40)47)33(48)36(37,38)39/h5-14,20-22,26,28-29,33,48H,15-19H2,1-4H3,(H2,40,47)(H,42,49)(H,43,50)/t22-,26+,28?,29+,33?/m1/s1. The number of ketones is 2. The molecular formula is C36H44F3N5O6. The van der Waals surface area contributed by atoms with Gasteiger partial charge in [-0.15, -0.1) is 0 Å². The fraction of sp³-hybridized carbons (Fsp3) is 0.444. The van der Waals surface area contributed by atoms with Gasteiger partial charge < -0.3 is 21.5 Å². The molecule has 0 spiro atoms. The van der Waals surface area contributed by atoms with E-state index in [1.807, 2.05) is 30.3 Å². The number of aromatic nitrogens is 2. The Kier molecular flexibility index (Phi) is 14.0. The highest BCUT2D eigenvalue weighted by Gasteiger charge is 2.44. The van der Waals surface area contributed by atoms with Crippen molar-refractivity contribution < 1.29 is 42.3 Å². The molecule has 1 aromatic heterocycles. The lowest BCUT2D eigenvalue weighted by molar-refractivity contribution is -0.213. The summed E-state index contributed by atoms with van der Waals surface area (Å²) in [6, 6.07) is 15.0. The maximum atomic E-state index is 13.7. The van der Waals surface area contributed by atoms with Gasteiger partial charge in [0.25, 0.3) is 0 Å². The Bertz CT molecular complexity index is 1630. The van der Waals surface area contributed by atoms with Crippen LogP contribution in [0, 0.1) is 24.7 Å². The van der Waals surface area contributed by atoms with Gasteiger partial charge in [-0.05, 0) is 43.4 Å². The number of Topliss-reactive ketones (excluding diaryl/α,β-unsaturated/α-hetero) is 2. The third-order valence-corrected chi connectivity index (χ3v) is 8.55. The number of carbonyl (C=O) groups is 5. The zero-order valence-corrected chi connectivity index (χ0v) is 28.4. The summed E-state index contributed by atoms with van der Waals surface area (Å²) in [6.07, 6.45) is -8.26. The van der Waals surface area contributed by atoms with Gasteiger partial charge in [0, 0.05) is 31.1 Å². The molecule has 50 heavy (non-hydrogen) atoms. The molecule has 3 aromatic rings. The molecule has 270 valence electrons. The fourth-order valence-electron chi connectivity index (χ4n) is 5.52. The van der Waals surface area contributed by atoms with Crippen LogP contribution >= 0.6 is 0 Å². The van der Waals surface area contributed by atoms with Crippen LogP contribution in [0.2, 0.25) is 0 Å². The third kappa shape index (κ3) is 11.1. The van der Waals surface area contributed by atoms with Crippen LogP contribution in [-0.2, 0) is 25.6 Å². The number of nitrogens with one attached hydrogen (secondary N) is 2. The molecule has 1 heterocycles. The van der Waals surface area contributed by atoms with Gasteiger partial charge in [-0.3, -0.25) is 24.0 Å². The summed E-state index contributed by atoms with van der Waals surface area (Å²) >= 11 is 0. The first kappa shape index (κ1) is 39.6. The van der Waals surface area contributed by atoms with Crippen LogP contribution in [0.15, 0.2) is 66.9 Å². The number of aliphatic hydroxyl groups is 1. The molecule has 0 aliphatic rings. The smallest absolute Gasteiger partial charge is 0.382 e. The van der Waals surface area contributed by atoms with E-state index in [4.69, 9.17) is 5.73 Å². The number of hydrogen-bond donors (Lipinski definition) is 4. The van der Waals surface area contributed by atoms with Crippen molar-refractivity contribution in [3.05, 3.63) is 83.7 Å². The lowest BCUT2D eigenvalue weighted by Gasteiger charge is -2.27. The number of halogens is 3. The molecule has 3 amide bonds. The monoisotopic (exact) mass is 699 g/mol. The summed E-state index contributed by atoms with van der Waals surface area (Å²) in [5.74, 6) is -5.60. The Hall–Kier alpha value is -4.85. The van der Waals surface area contributed by atoms with Gasteiger partial charge in [-0.2, -0.15) is 18.3 Å². The number of carbonyl (C=O) groups excluding carboxylic acids is 5. The van der Waals surface area contributed by atoms with Crippen LogP contribution in [0.4, 0.5) is 13.2 Å². The van der Waals surface area contributed by atoms with Crippen molar-refractivity contribution in [1.29, 1.82) is 0 Å². The van der Waals surface area contributed by atoms with Gasteiger partial charge in [0.1, 0.15) is 0 Å². The lowest BCUT2D eigenvalue weighted by Crippen LogP contribution is -2.52. The molecule has 0 aliphatic carbocycles. The molecule has 14 heteroatoms. The van der Waals surface area contributed by atoms with Gasteiger partial charge in [0.15, 0.2) is 17.7 Å². The highest BCUT2D eigenvalue weighted by molar-refractivity contribution is 6.00. The van der Waals surface area contributed by atoms with Crippen LogP contribution in [0.1, 0.15) is 68.1 Å². The number of primary amides is 1. The highest BCUT2D eigenvalue weighted by atomic mass is 19.4. The average Bonchev–Trinajstić information content (AvgIpc) is 3.45. The van der Waals surface area contributed by atoms with Gasteiger partial charge >= 0.3 is 6.18 Å². The van der Waals surface area contributed by atoms with E-state index in [2.05, 4.69) is 15.7 Å². The van der Waals surface area contributed by atoms with Crippen molar-refractivity contribution >= 4 is 29.3 Å². The van der Waals surface area contributed by atoms with Crippen LogP contribution in [0.3, 0.4) is 0 Å². The number of para-hydroxylation sites is 1. The Morgan fingerprint density at radius 2 is 1.50 bits per heavy atom. The first-order valence-corrected chi connectivity index (χ1v) is 16.3. The Labute approximate surface area is 288 Å². The predicted molar refractivity (Wildman–Crippen MR) is 179 cm³/mol. The molecule has 0 radical (unpaired) electrons. The lowest BCUT2D eigenvalue weighted by atomic mass is 9.87. The molecule has 5 atom stereocenters. The third-order valence-electron chi connectivity index (χ3n) is 8.55. The zero-order chi connectivity index (χ0) is 37.2. The van der Waals surface area contributed by atoms with Crippen LogP contribution < -0.4 is 16.4 Å². The van der Waals surface area contributed by atoms with Crippen molar-refractivity contribution in [2.75, 3.05) is 0 Å². The van der Waals surface area contributed by atoms with E-state index >= 15 is 0 Å². The second-order valence-corrected chi connectivity index (χ2v) is 12.8. The van der Waals surface area contributed by atoms with E-state index in [-0.39, 0.29) is 24.5 Å². The van der Waals surface area contributed by atoms with E-state index in [0.717, 1.165) is 5.69 Å². The fourth-order valence-corrected chi connectivity index (χ4v) is 5.52. The van der Waals surface area contributed by atoms with Crippen molar-refractivity contribution in [2.24, 2.45) is 23.5 Å². The summed E-state index contributed by atoms with van der Waals surface area (Å²) in [7, 11) is 0. The average molecular weight is 700 g/mol. The van der Waals surface area contributed by atoms with E-state index in [0.29, 0.717) is 16.8 Å². The van der Waals surface area contributed by atoms with Crippen LogP contribution in [0.5, 0.6) is 0 Å². The van der Waals surface area contributed by atoms with Gasteiger partial charge in [-0.25, -0.2) is 4.68 Å². The molecule has 5 N–H and O–H groups in total. The summed E-state index contributed by atoms with van der Waals surface area (Å²) < 4.78 is 41.4. The van der Waals surface area contributed by atoms with Gasteiger partial charge in [-0.1, -0.05) is 69.3 Å². The van der Waals surface area contributed by atoms with E-state index in [1.54, 1.807) is 55.8 Å². The Morgan fingerprint density at radius 1 is 0.900 bits per heavy atom. The molecule has 2 unspecified atom stereocenters. The highest BCUT2D eigenvalue weighted by Crippen LogP contribution is 2.25. The van der Waals surface area contributed by atoms with Crippen molar-refractivity contribution in [3.8, 4) is 5.69 Å². The minimum atomic E-state index is -5.09. The van der Waals surface area contributed by atoms with E-state index < -0.39 is 79.0 Å². The summed E-state index contributed by atoms with van der Waals surface area (Å²) in [5, 5.41) is 19.0. The first-order valence-electron chi connectivity index (χ1n) is 16.3. The summed E-state index contributed by atoms with van der Waals surface area (Å²) in [4.78, 5) is 65.0. The number of rotatable bonds is 18. The Balaban J connectivity index is 1.77. The van der Waals surface area contributed by atoms with Crippen molar-refractivity contribution in [2.45, 2.75) is 84.2 Å². The quantitative estimate of drug-likeness (QED) is 0.145. The molecule has 0 saturated carbocycles. The zero-order valence-electron chi connectivity index (χ0n) is 28.4. The minimum absolute atomic E-state index is 0.0511. The number of alkyl halides is 3. The maximum Gasteiger partial charge on any atom is 0.416 e. The second-order valence-electron chi connectivity index (χ2n) is 12.8. The molecule has 0 saturated heterocycles. The van der Waals surface area contributed by atoms with Gasteiger partial charge in [0.05, 0.1) is 35.2 Å². The number of nitrogens with zero attached hydrogens (tertiary/aromatic N) is 2. The SMILES string of the molecule is Cc1c(C(=O)C[C@H](C(=O)N[C@@H](Cc2ccccc2)C(=O)C[C@@H](C)C(=O)NC(CCC(N)=O)C(O)C(F)(F)F)C(C)C)cnn1-c1ccccc1. The molecule has 0 aliphatic heterocycles. The van der Waals surface area contributed by atoms with Crippen molar-refractivity contribution in [1.82, 2.24) is 20.4 Å². The number of amides is 3.